The molecule has 0 aromatic rings. The van der Waals surface area contributed by atoms with E-state index in [0.717, 1.165) is 11.8 Å². The van der Waals surface area contributed by atoms with Crippen LogP contribution in [0, 0.1) is 11.8 Å². The molecule has 17 heavy (non-hydrogen) atoms. The lowest BCUT2D eigenvalue weighted by Crippen LogP contribution is -2.69. The highest BCUT2D eigenvalue weighted by molar-refractivity contribution is 5.11. The second-order valence-electron chi connectivity index (χ2n) is 7.10. The normalized spacial score (nSPS) is 43.9. The van der Waals surface area contributed by atoms with E-state index in [1.165, 1.54) is 51.7 Å². The smallest absolute Gasteiger partial charge is 0.0334 e. The van der Waals surface area contributed by atoms with E-state index in [9.17, 15) is 0 Å². The average Bonchev–Trinajstić information content (AvgIpc) is 3.17. The molecule has 0 amide bonds. The zero-order valence-corrected chi connectivity index (χ0v) is 11.8. The van der Waals surface area contributed by atoms with E-state index in [-0.39, 0.29) is 0 Å². The van der Waals surface area contributed by atoms with E-state index < -0.39 is 0 Å². The third-order valence-electron chi connectivity index (χ3n) is 5.52. The molecular weight excluding hydrogens is 208 g/mol. The topological polar surface area (TPSA) is 15.3 Å². The molecule has 3 fully saturated rings. The van der Waals surface area contributed by atoms with Gasteiger partial charge in [-0.25, -0.2) is 0 Å². The van der Waals surface area contributed by atoms with E-state index in [1.54, 1.807) is 0 Å². The Morgan fingerprint density at radius 2 is 1.76 bits per heavy atom. The molecule has 2 atom stereocenters. The van der Waals surface area contributed by atoms with Gasteiger partial charge >= 0.3 is 0 Å². The Bertz CT molecular complexity index is 295. The summed E-state index contributed by atoms with van der Waals surface area (Å²) in [5.41, 5.74) is 0.855. The van der Waals surface area contributed by atoms with E-state index in [0.29, 0.717) is 11.1 Å². The first-order valence-electron chi connectivity index (χ1n) is 7.58. The second kappa shape index (κ2) is 3.96. The zero-order valence-electron chi connectivity index (χ0n) is 11.8. The standard InChI is InChI=1S/C15H28N2/c1-4-9-17-11-14(2,12-5-6-12)16-10-15(17,3)13-7-8-13/h12-13,16H,4-11H2,1-3H3. The lowest BCUT2D eigenvalue weighted by Gasteiger charge is -2.53. The number of rotatable bonds is 4. The first kappa shape index (κ1) is 12.0. The average molecular weight is 236 g/mol. The minimum absolute atomic E-state index is 0.406. The van der Waals surface area contributed by atoms with Gasteiger partial charge in [-0.1, -0.05) is 6.92 Å². The van der Waals surface area contributed by atoms with Crippen LogP contribution in [0.4, 0.5) is 0 Å². The molecule has 0 radical (unpaired) electrons. The van der Waals surface area contributed by atoms with Gasteiger partial charge in [-0.2, -0.15) is 0 Å². The largest absolute Gasteiger partial charge is 0.308 e. The Morgan fingerprint density at radius 1 is 1.12 bits per heavy atom. The van der Waals surface area contributed by atoms with Crippen molar-refractivity contribution in [3.8, 4) is 0 Å². The molecule has 3 rings (SSSR count). The molecular formula is C15H28N2. The van der Waals surface area contributed by atoms with Gasteiger partial charge in [0.1, 0.15) is 0 Å². The van der Waals surface area contributed by atoms with Crippen LogP contribution in [0.15, 0.2) is 0 Å². The highest BCUT2D eigenvalue weighted by atomic mass is 15.3. The van der Waals surface area contributed by atoms with Crippen LogP contribution >= 0.6 is 0 Å². The Labute approximate surface area is 106 Å². The van der Waals surface area contributed by atoms with Gasteiger partial charge in [0.15, 0.2) is 0 Å². The Hall–Kier alpha value is -0.0800. The van der Waals surface area contributed by atoms with Crippen molar-refractivity contribution in [2.24, 2.45) is 11.8 Å². The van der Waals surface area contributed by atoms with Crippen molar-refractivity contribution in [2.75, 3.05) is 19.6 Å². The van der Waals surface area contributed by atoms with Crippen LogP contribution in [-0.2, 0) is 0 Å². The number of hydrogen-bond acceptors (Lipinski definition) is 2. The van der Waals surface area contributed by atoms with Crippen LogP contribution in [0.2, 0.25) is 0 Å². The number of nitrogens with one attached hydrogen (secondary N) is 1. The molecule has 0 bridgehead atoms. The number of hydrogen-bond donors (Lipinski definition) is 1. The van der Waals surface area contributed by atoms with Gasteiger partial charge in [0.05, 0.1) is 0 Å². The van der Waals surface area contributed by atoms with Crippen molar-refractivity contribution in [1.29, 1.82) is 0 Å². The van der Waals surface area contributed by atoms with Crippen molar-refractivity contribution in [3.05, 3.63) is 0 Å². The van der Waals surface area contributed by atoms with Crippen molar-refractivity contribution in [2.45, 2.75) is 64.0 Å². The summed E-state index contributed by atoms with van der Waals surface area (Å²) < 4.78 is 0. The Kier molecular flexibility index (Phi) is 2.79. The Morgan fingerprint density at radius 3 is 2.29 bits per heavy atom. The molecule has 2 aliphatic carbocycles. The third kappa shape index (κ3) is 2.04. The molecule has 2 nitrogen and oxygen atoms in total. The summed E-state index contributed by atoms with van der Waals surface area (Å²) in [4.78, 5) is 2.82. The van der Waals surface area contributed by atoms with Gasteiger partial charge in [-0.05, 0) is 64.3 Å². The molecule has 2 saturated carbocycles. The summed E-state index contributed by atoms with van der Waals surface area (Å²) in [7, 11) is 0. The zero-order chi connectivity index (χ0) is 12.1. The lowest BCUT2D eigenvalue weighted by atomic mass is 9.83. The van der Waals surface area contributed by atoms with Gasteiger partial charge in [-0.3, -0.25) is 4.90 Å². The predicted molar refractivity (Wildman–Crippen MR) is 72.1 cm³/mol. The number of piperazine rings is 1. The van der Waals surface area contributed by atoms with Crippen LogP contribution in [-0.4, -0.2) is 35.6 Å². The summed E-state index contributed by atoms with van der Waals surface area (Å²) in [6.07, 6.45) is 7.10. The molecule has 98 valence electrons. The van der Waals surface area contributed by atoms with E-state index in [4.69, 9.17) is 0 Å². The lowest BCUT2D eigenvalue weighted by molar-refractivity contribution is -0.000556. The molecule has 1 heterocycles. The minimum Gasteiger partial charge on any atom is -0.308 e. The predicted octanol–water partition coefficient (Wildman–Crippen LogP) is 2.64. The summed E-state index contributed by atoms with van der Waals surface area (Å²) in [6, 6.07) is 0. The van der Waals surface area contributed by atoms with Crippen molar-refractivity contribution in [3.63, 3.8) is 0 Å². The summed E-state index contributed by atoms with van der Waals surface area (Å²) in [5.74, 6) is 1.91. The SMILES string of the molecule is CCCN1CC(C)(C2CC2)NCC1(C)C1CC1. The number of nitrogens with zero attached hydrogens (tertiary/aromatic N) is 1. The molecule has 0 spiro atoms. The van der Waals surface area contributed by atoms with Gasteiger partial charge in [-0.15, -0.1) is 0 Å². The highest BCUT2D eigenvalue weighted by Gasteiger charge is 2.53. The van der Waals surface area contributed by atoms with Crippen LogP contribution < -0.4 is 5.32 Å². The fourth-order valence-corrected chi connectivity index (χ4v) is 3.83. The van der Waals surface area contributed by atoms with E-state index in [1.807, 2.05) is 0 Å². The van der Waals surface area contributed by atoms with Crippen LogP contribution in [0.25, 0.3) is 0 Å². The van der Waals surface area contributed by atoms with Crippen LogP contribution in [0.1, 0.15) is 52.9 Å². The summed E-state index contributed by atoms with van der Waals surface area (Å²) in [6.45, 7) is 11.1. The molecule has 2 unspecified atom stereocenters. The van der Waals surface area contributed by atoms with Crippen molar-refractivity contribution >= 4 is 0 Å². The fourth-order valence-electron chi connectivity index (χ4n) is 3.83. The quantitative estimate of drug-likeness (QED) is 0.807. The van der Waals surface area contributed by atoms with Crippen molar-refractivity contribution in [1.82, 2.24) is 10.2 Å². The minimum atomic E-state index is 0.406. The van der Waals surface area contributed by atoms with Gasteiger partial charge in [0.2, 0.25) is 0 Å². The highest BCUT2D eigenvalue weighted by Crippen LogP contribution is 2.48. The van der Waals surface area contributed by atoms with Crippen LogP contribution in [0.5, 0.6) is 0 Å². The van der Waals surface area contributed by atoms with E-state index in [2.05, 4.69) is 31.0 Å². The van der Waals surface area contributed by atoms with Gasteiger partial charge < -0.3 is 5.32 Å². The third-order valence-corrected chi connectivity index (χ3v) is 5.52. The molecule has 1 aliphatic heterocycles. The summed E-state index contributed by atoms with van der Waals surface area (Å²) >= 11 is 0. The van der Waals surface area contributed by atoms with E-state index >= 15 is 0 Å². The maximum Gasteiger partial charge on any atom is 0.0334 e. The van der Waals surface area contributed by atoms with Gasteiger partial charge in [0.25, 0.3) is 0 Å². The summed E-state index contributed by atoms with van der Waals surface area (Å²) in [5, 5.41) is 3.92. The van der Waals surface area contributed by atoms with Crippen LogP contribution in [0.3, 0.4) is 0 Å². The maximum absolute atomic E-state index is 3.92. The molecule has 2 heteroatoms. The maximum atomic E-state index is 3.92. The molecule has 0 aromatic heterocycles. The molecule has 3 aliphatic rings. The first-order valence-corrected chi connectivity index (χ1v) is 7.58. The molecule has 0 aromatic carbocycles. The first-order chi connectivity index (χ1) is 8.08. The fraction of sp³-hybridized carbons (Fsp3) is 1.00. The Balaban J connectivity index is 1.75. The van der Waals surface area contributed by atoms with Crippen molar-refractivity contribution < 1.29 is 0 Å². The monoisotopic (exact) mass is 236 g/mol. The van der Waals surface area contributed by atoms with Gasteiger partial charge in [0, 0.05) is 24.2 Å². The second-order valence-corrected chi connectivity index (χ2v) is 7.10. The molecule has 1 saturated heterocycles. The molecule has 1 N–H and O–H groups in total.